The van der Waals surface area contributed by atoms with Gasteiger partial charge in [-0.2, -0.15) is 0 Å². The maximum atomic E-state index is 11.8. The Morgan fingerprint density at radius 1 is 1.00 bits per heavy atom. The lowest BCUT2D eigenvalue weighted by molar-refractivity contribution is 0.0965. The SMILES string of the molecule is O=C1NCc2ccc(CCCCN3CCN(c4cccc5ccsc45)CC3)cc21. The van der Waals surface area contributed by atoms with Gasteiger partial charge in [0.25, 0.3) is 5.91 Å². The minimum absolute atomic E-state index is 0.0814. The number of hydrogen-bond acceptors (Lipinski definition) is 4. The second-order valence-electron chi connectivity index (χ2n) is 8.08. The van der Waals surface area contributed by atoms with Crippen LogP contribution in [0.5, 0.6) is 0 Å². The molecule has 0 atom stereocenters. The smallest absolute Gasteiger partial charge is 0.251 e. The Morgan fingerprint density at radius 3 is 2.79 bits per heavy atom. The molecule has 1 saturated heterocycles. The number of anilines is 1. The number of piperazine rings is 1. The van der Waals surface area contributed by atoms with Crippen LogP contribution in [0, 0.1) is 0 Å². The van der Waals surface area contributed by atoms with E-state index in [1.54, 1.807) is 0 Å². The molecular weight excluding hydrogens is 378 g/mol. The molecule has 0 radical (unpaired) electrons. The zero-order chi connectivity index (χ0) is 19.6. The first-order valence-corrected chi connectivity index (χ1v) is 11.5. The van der Waals surface area contributed by atoms with E-state index in [-0.39, 0.29) is 5.91 Å². The van der Waals surface area contributed by atoms with Crippen molar-refractivity contribution < 1.29 is 4.79 Å². The lowest BCUT2D eigenvalue weighted by Gasteiger charge is -2.36. The highest BCUT2D eigenvalue weighted by Crippen LogP contribution is 2.32. The van der Waals surface area contributed by atoms with E-state index < -0.39 is 0 Å². The van der Waals surface area contributed by atoms with Gasteiger partial charge in [0.15, 0.2) is 0 Å². The summed E-state index contributed by atoms with van der Waals surface area (Å²) in [5.74, 6) is 0.0814. The van der Waals surface area contributed by atoms with Crippen molar-refractivity contribution in [2.24, 2.45) is 0 Å². The van der Waals surface area contributed by atoms with Crippen molar-refractivity contribution in [3.8, 4) is 0 Å². The van der Waals surface area contributed by atoms with Crippen molar-refractivity contribution in [1.29, 1.82) is 0 Å². The minimum atomic E-state index is 0.0814. The molecule has 0 aliphatic carbocycles. The summed E-state index contributed by atoms with van der Waals surface area (Å²) in [6.45, 7) is 6.35. The Labute approximate surface area is 176 Å². The van der Waals surface area contributed by atoms with Crippen molar-refractivity contribution >= 4 is 33.0 Å². The molecule has 1 amide bonds. The predicted octanol–water partition coefficient (Wildman–Crippen LogP) is 4.29. The predicted molar refractivity (Wildman–Crippen MR) is 121 cm³/mol. The molecule has 5 rings (SSSR count). The Balaban J connectivity index is 1.08. The van der Waals surface area contributed by atoms with Crippen LogP contribution in [0.15, 0.2) is 47.8 Å². The number of amides is 1. The molecule has 4 nitrogen and oxygen atoms in total. The molecule has 1 aromatic heterocycles. The Kier molecular flexibility index (Phi) is 5.25. The third-order valence-corrected chi connectivity index (χ3v) is 7.17. The molecule has 29 heavy (non-hydrogen) atoms. The lowest BCUT2D eigenvalue weighted by atomic mass is 10.0. The molecule has 0 bridgehead atoms. The first kappa shape index (κ1) is 18.6. The third kappa shape index (κ3) is 3.89. The zero-order valence-corrected chi connectivity index (χ0v) is 17.5. The van der Waals surface area contributed by atoms with Gasteiger partial charge in [0.1, 0.15) is 0 Å². The van der Waals surface area contributed by atoms with E-state index in [0.717, 1.165) is 43.7 Å². The number of benzene rings is 2. The molecule has 3 aromatic rings. The fraction of sp³-hybridized carbons (Fsp3) is 0.375. The van der Waals surface area contributed by atoms with Gasteiger partial charge in [-0.25, -0.2) is 0 Å². The molecule has 0 saturated carbocycles. The Bertz CT molecular complexity index is 1020. The molecule has 0 unspecified atom stereocenters. The average Bonchev–Trinajstić information content (AvgIpc) is 3.38. The molecule has 3 heterocycles. The molecule has 1 fully saturated rings. The number of hydrogen-bond donors (Lipinski definition) is 1. The van der Waals surface area contributed by atoms with Crippen LogP contribution in [0.25, 0.3) is 10.1 Å². The van der Waals surface area contributed by atoms with Gasteiger partial charge in [-0.15, -0.1) is 11.3 Å². The second-order valence-corrected chi connectivity index (χ2v) is 8.99. The van der Waals surface area contributed by atoms with Crippen LogP contribution in [0.4, 0.5) is 5.69 Å². The van der Waals surface area contributed by atoms with E-state index in [2.05, 4.69) is 63.0 Å². The monoisotopic (exact) mass is 405 g/mol. The maximum absolute atomic E-state index is 11.8. The quantitative estimate of drug-likeness (QED) is 0.622. The molecule has 1 N–H and O–H groups in total. The van der Waals surface area contributed by atoms with Crippen LogP contribution >= 0.6 is 11.3 Å². The summed E-state index contributed by atoms with van der Waals surface area (Å²) in [7, 11) is 0. The molecule has 2 aliphatic rings. The van der Waals surface area contributed by atoms with Gasteiger partial charge in [0.2, 0.25) is 0 Å². The normalized spacial score (nSPS) is 17.0. The van der Waals surface area contributed by atoms with E-state index >= 15 is 0 Å². The second kappa shape index (κ2) is 8.17. The number of nitrogens with one attached hydrogen (secondary N) is 1. The third-order valence-electron chi connectivity index (χ3n) is 6.22. The van der Waals surface area contributed by atoms with Crippen LogP contribution in [0.1, 0.15) is 34.3 Å². The first-order valence-electron chi connectivity index (χ1n) is 10.6. The van der Waals surface area contributed by atoms with Crippen molar-refractivity contribution in [1.82, 2.24) is 10.2 Å². The first-order chi connectivity index (χ1) is 14.3. The fourth-order valence-corrected chi connectivity index (χ4v) is 5.46. The number of rotatable bonds is 6. The number of aryl methyl sites for hydroxylation is 1. The molecule has 2 aromatic carbocycles. The molecule has 5 heteroatoms. The van der Waals surface area contributed by atoms with E-state index in [0.29, 0.717) is 6.54 Å². The van der Waals surface area contributed by atoms with Crippen LogP contribution in [-0.4, -0.2) is 43.5 Å². The van der Waals surface area contributed by atoms with E-state index in [9.17, 15) is 4.79 Å². The summed E-state index contributed by atoms with van der Waals surface area (Å²) in [4.78, 5) is 17.0. The van der Waals surface area contributed by atoms with E-state index in [1.165, 1.54) is 40.7 Å². The number of carbonyl (C=O) groups excluding carboxylic acids is 1. The molecule has 2 aliphatic heterocycles. The van der Waals surface area contributed by atoms with Crippen LogP contribution in [0.2, 0.25) is 0 Å². The number of fused-ring (bicyclic) bond motifs is 2. The Hall–Kier alpha value is -2.37. The van der Waals surface area contributed by atoms with Crippen molar-refractivity contribution in [2.45, 2.75) is 25.8 Å². The van der Waals surface area contributed by atoms with Gasteiger partial charge in [-0.3, -0.25) is 9.69 Å². The van der Waals surface area contributed by atoms with Crippen molar-refractivity contribution in [3.05, 3.63) is 64.5 Å². The van der Waals surface area contributed by atoms with Crippen LogP contribution in [0.3, 0.4) is 0 Å². The van der Waals surface area contributed by atoms with Gasteiger partial charge in [-0.05, 0) is 65.9 Å². The standard InChI is InChI=1S/C24H27N3OS/c28-24-21-16-18(7-8-20(21)17-25-24)4-1-2-10-26-11-13-27(14-12-26)22-6-3-5-19-9-15-29-23(19)22/h3,5-9,15-16H,1-2,4,10-14,17H2,(H,25,28). The highest BCUT2D eigenvalue weighted by atomic mass is 32.1. The number of nitrogens with zero attached hydrogens (tertiary/aromatic N) is 2. The topological polar surface area (TPSA) is 35.6 Å². The van der Waals surface area contributed by atoms with Crippen LogP contribution in [-0.2, 0) is 13.0 Å². The minimum Gasteiger partial charge on any atom is -0.368 e. The van der Waals surface area contributed by atoms with Crippen molar-refractivity contribution in [3.63, 3.8) is 0 Å². The van der Waals surface area contributed by atoms with Gasteiger partial charge in [-0.1, -0.05) is 24.3 Å². The van der Waals surface area contributed by atoms with Gasteiger partial charge >= 0.3 is 0 Å². The molecular formula is C24H27N3OS. The summed E-state index contributed by atoms with van der Waals surface area (Å²) in [5, 5.41) is 6.45. The van der Waals surface area contributed by atoms with Gasteiger partial charge in [0.05, 0.1) is 10.4 Å². The van der Waals surface area contributed by atoms with Crippen LogP contribution < -0.4 is 10.2 Å². The van der Waals surface area contributed by atoms with E-state index in [1.807, 2.05) is 11.3 Å². The molecule has 0 spiro atoms. The molecule has 150 valence electrons. The van der Waals surface area contributed by atoms with Gasteiger partial charge in [0, 0.05) is 38.3 Å². The maximum Gasteiger partial charge on any atom is 0.251 e. The number of unbranched alkanes of at least 4 members (excludes halogenated alkanes) is 1. The number of thiophene rings is 1. The highest BCUT2D eigenvalue weighted by Gasteiger charge is 2.20. The summed E-state index contributed by atoms with van der Waals surface area (Å²) in [6, 6.07) is 15.2. The Morgan fingerprint density at radius 2 is 1.90 bits per heavy atom. The summed E-state index contributed by atoms with van der Waals surface area (Å²) < 4.78 is 1.42. The lowest BCUT2D eigenvalue weighted by Crippen LogP contribution is -2.46. The fourth-order valence-electron chi connectivity index (χ4n) is 4.52. The zero-order valence-electron chi connectivity index (χ0n) is 16.7. The largest absolute Gasteiger partial charge is 0.368 e. The van der Waals surface area contributed by atoms with Crippen molar-refractivity contribution in [2.75, 3.05) is 37.6 Å². The number of carbonyl (C=O) groups is 1. The summed E-state index contributed by atoms with van der Waals surface area (Å²) in [5.41, 5.74) is 4.70. The van der Waals surface area contributed by atoms with E-state index in [4.69, 9.17) is 0 Å². The highest BCUT2D eigenvalue weighted by molar-refractivity contribution is 7.17. The van der Waals surface area contributed by atoms with Gasteiger partial charge < -0.3 is 10.2 Å². The summed E-state index contributed by atoms with van der Waals surface area (Å²) in [6.07, 6.45) is 3.44. The summed E-state index contributed by atoms with van der Waals surface area (Å²) >= 11 is 1.85. The average molecular weight is 406 g/mol.